The summed E-state index contributed by atoms with van der Waals surface area (Å²) in [5.74, 6) is -0.919. The maximum absolute atomic E-state index is 12.6. The second kappa shape index (κ2) is 5.16. The minimum atomic E-state index is -4.64. The Balaban J connectivity index is 2.50. The highest BCUT2D eigenvalue weighted by Gasteiger charge is 2.35. The topological polar surface area (TPSA) is 43.6 Å². The Hall–Kier alpha value is -1.63. The van der Waals surface area contributed by atoms with Gasteiger partial charge in [-0.1, -0.05) is 18.5 Å². The highest BCUT2D eigenvalue weighted by molar-refractivity contribution is 6.29. The number of aromatic nitrogens is 4. The molecule has 0 amide bonds. The first-order valence-corrected chi connectivity index (χ1v) is 5.93. The van der Waals surface area contributed by atoms with Crippen LogP contribution in [0.2, 0.25) is 5.15 Å². The highest BCUT2D eigenvalue weighted by Crippen LogP contribution is 2.29. The van der Waals surface area contributed by atoms with Gasteiger partial charge in [-0.2, -0.15) is 13.2 Å². The normalized spacial score (nSPS) is 11.8. The van der Waals surface area contributed by atoms with E-state index in [1.165, 1.54) is 12.3 Å². The number of nitrogens with zero attached hydrogens (tertiary/aromatic N) is 4. The van der Waals surface area contributed by atoms with Crippen molar-refractivity contribution < 1.29 is 13.2 Å². The summed E-state index contributed by atoms with van der Waals surface area (Å²) in [4.78, 5) is 10.7. The van der Waals surface area contributed by atoms with Gasteiger partial charge in [-0.05, 0) is 6.42 Å². The second-order valence-corrected chi connectivity index (χ2v) is 4.23. The molecule has 0 spiro atoms. The van der Waals surface area contributed by atoms with Crippen LogP contribution < -0.4 is 0 Å². The van der Waals surface area contributed by atoms with Gasteiger partial charge in [0.05, 0.1) is 0 Å². The Morgan fingerprint density at radius 3 is 2.68 bits per heavy atom. The molecular formula is C11H10ClF3N4. The number of hydrogen-bond acceptors (Lipinski definition) is 3. The van der Waals surface area contributed by atoms with E-state index in [0.29, 0.717) is 12.4 Å². The number of alkyl halides is 3. The van der Waals surface area contributed by atoms with E-state index in [4.69, 9.17) is 11.6 Å². The van der Waals surface area contributed by atoms with Crippen molar-refractivity contribution in [2.75, 3.05) is 0 Å². The summed E-state index contributed by atoms with van der Waals surface area (Å²) < 4.78 is 39.6. The third-order valence-corrected chi connectivity index (χ3v) is 2.55. The molecule has 0 saturated carbocycles. The molecule has 102 valence electrons. The van der Waals surface area contributed by atoms with Crippen LogP contribution in [0, 0.1) is 0 Å². The zero-order valence-electron chi connectivity index (χ0n) is 9.95. The molecule has 0 radical (unpaired) electrons. The minimum absolute atomic E-state index is 0.0609. The fraction of sp³-hybridized carbons (Fsp3) is 0.364. The molecule has 0 aliphatic carbocycles. The molecule has 19 heavy (non-hydrogen) atoms. The van der Waals surface area contributed by atoms with E-state index in [2.05, 4.69) is 15.0 Å². The van der Waals surface area contributed by atoms with E-state index in [9.17, 15) is 13.2 Å². The van der Waals surface area contributed by atoms with E-state index in [-0.39, 0.29) is 10.8 Å². The Morgan fingerprint density at radius 2 is 2.05 bits per heavy atom. The van der Waals surface area contributed by atoms with Gasteiger partial charge < -0.3 is 4.57 Å². The first-order valence-electron chi connectivity index (χ1n) is 5.55. The van der Waals surface area contributed by atoms with E-state index in [0.717, 1.165) is 6.42 Å². The maximum Gasteiger partial charge on any atom is 0.451 e. The highest BCUT2D eigenvalue weighted by atomic mass is 35.5. The fourth-order valence-electron chi connectivity index (χ4n) is 1.62. The summed E-state index contributed by atoms with van der Waals surface area (Å²) in [5.41, 5.74) is 0.0609. The largest absolute Gasteiger partial charge is 0.451 e. The van der Waals surface area contributed by atoms with Crippen LogP contribution in [0.15, 0.2) is 18.5 Å². The molecule has 2 aromatic rings. The Kier molecular flexibility index (Phi) is 3.75. The Morgan fingerprint density at radius 1 is 1.32 bits per heavy atom. The summed E-state index contributed by atoms with van der Waals surface area (Å²) in [6, 6.07) is 1.27. The van der Waals surface area contributed by atoms with E-state index in [1.807, 2.05) is 6.92 Å². The van der Waals surface area contributed by atoms with Gasteiger partial charge in [0.15, 0.2) is 5.82 Å². The number of aryl methyl sites for hydroxylation is 1. The predicted octanol–water partition coefficient (Wildman–Crippen LogP) is 3.42. The van der Waals surface area contributed by atoms with Gasteiger partial charge in [0.1, 0.15) is 10.8 Å². The average molecular weight is 291 g/mol. The quantitative estimate of drug-likeness (QED) is 0.814. The van der Waals surface area contributed by atoms with Crippen molar-refractivity contribution in [3.05, 3.63) is 29.4 Å². The molecule has 8 heteroatoms. The van der Waals surface area contributed by atoms with Crippen molar-refractivity contribution in [2.24, 2.45) is 0 Å². The predicted molar refractivity (Wildman–Crippen MR) is 63.6 cm³/mol. The SMILES string of the molecule is CCCn1ccnc1-c1cc(Cl)nc(C(F)(F)F)n1. The molecule has 2 aromatic heterocycles. The van der Waals surface area contributed by atoms with Crippen LogP contribution in [0.1, 0.15) is 19.2 Å². The van der Waals surface area contributed by atoms with Gasteiger partial charge in [0.2, 0.25) is 5.82 Å². The van der Waals surface area contributed by atoms with Gasteiger partial charge >= 0.3 is 6.18 Å². The third-order valence-electron chi connectivity index (χ3n) is 2.36. The average Bonchev–Trinajstić information content (AvgIpc) is 2.76. The molecule has 0 atom stereocenters. The lowest BCUT2D eigenvalue weighted by Gasteiger charge is -2.09. The lowest BCUT2D eigenvalue weighted by atomic mass is 10.3. The summed E-state index contributed by atoms with van der Waals surface area (Å²) in [6.45, 7) is 2.59. The third kappa shape index (κ3) is 3.04. The molecule has 0 fully saturated rings. The van der Waals surface area contributed by atoms with Crippen molar-refractivity contribution in [3.8, 4) is 11.5 Å². The molecule has 4 nitrogen and oxygen atoms in total. The van der Waals surface area contributed by atoms with Gasteiger partial charge in [-0.15, -0.1) is 0 Å². The number of hydrogen-bond donors (Lipinski definition) is 0. The summed E-state index contributed by atoms with van der Waals surface area (Å²) in [5, 5.41) is -0.261. The van der Waals surface area contributed by atoms with Crippen molar-refractivity contribution in [1.29, 1.82) is 0 Å². The van der Waals surface area contributed by atoms with Crippen LogP contribution in [0.25, 0.3) is 11.5 Å². The van der Waals surface area contributed by atoms with Crippen LogP contribution in [0.4, 0.5) is 13.2 Å². The number of rotatable bonds is 3. The van der Waals surface area contributed by atoms with E-state index in [1.54, 1.807) is 10.8 Å². The summed E-state index contributed by atoms with van der Waals surface area (Å²) in [6.07, 6.45) is -0.619. The summed E-state index contributed by atoms with van der Waals surface area (Å²) in [7, 11) is 0. The first-order chi connectivity index (χ1) is 8.91. The van der Waals surface area contributed by atoms with Crippen molar-refractivity contribution >= 4 is 11.6 Å². The molecule has 2 rings (SSSR count). The Bertz CT molecular complexity index is 580. The standard InChI is InChI=1S/C11H10ClF3N4/c1-2-4-19-5-3-16-9(19)7-6-8(12)18-10(17-7)11(13,14)15/h3,5-6H,2,4H2,1H3. The van der Waals surface area contributed by atoms with Crippen molar-refractivity contribution in [3.63, 3.8) is 0 Å². The molecule has 0 aromatic carbocycles. The smallest absolute Gasteiger partial charge is 0.330 e. The lowest BCUT2D eigenvalue weighted by Crippen LogP contribution is -2.12. The monoisotopic (exact) mass is 290 g/mol. The molecule has 0 aliphatic rings. The van der Waals surface area contributed by atoms with Crippen LogP contribution in [0.5, 0.6) is 0 Å². The molecule has 0 N–H and O–H groups in total. The molecular weight excluding hydrogens is 281 g/mol. The lowest BCUT2D eigenvalue weighted by molar-refractivity contribution is -0.144. The van der Waals surface area contributed by atoms with E-state index < -0.39 is 12.0 Å². The molecule has 0 aliphatic heterocycles. The van der Waals surface area contributed by atoms with Gasteiger partial charge in [-0.3, -0.25) is 0 Å². The van der Waals surface area contributed by atoms with Crippen LogP contribution in [0.3, 0.4) is 0 Å². The van der Waals surface area contributed by atoms with Crippen molar-refractivity contribution in [1.82, 2.24) is 19.5 Å². The molecule has 0 saturated heterocycles. The second-order valence-electron chi connectivity index (χ2n) is 3.84. The maximum atomic E-state index is 12.6. The zero-order chi connectivity index (χ0) is 14.0. The van der Waals surface area contributed by atoms with Gasteiger partial charge in [-0.25, -0.2) is 15.0 Å². The van der Waals surface area contributed by atoms with Crippen LogP contribution in [-0.4, -0.2) is 19.5 Å². The molecule has 0 unspecified atom stereocenters. The summed E-state index contributed by atoms with van der Waals surface area (Å²) >= 11 is 5.61. The van der Waals surface area contributed by atoms with Crippen LogP contribution in [-0.2, 0) is 12.7 Å². The van der Waals surface area contributed by atoms with Crippen molar-refractivity contribution in [2.45, 2.75) is 26.1 Å². The Labute approximate surface area is 112 Å². The van der Waals surface area contributed by atoms with Crippen LogP contribution >= 0.6 is 11.6 Å². The van der Waals surface area contributed by atoms with Gasteiger partial charge in [0, 0.05) is 25.0 Å². The zero-order valence-corrected chi connectivity index (χ0v) is 10.7. The number of imidazole rings is 1. The van der Waals surface area contributed by atoms with E-state index >= 15 is 0 Å². The fourth-order valence-corrected chi connectivity index (χ4v) is 1.81. The minimum Gasteiger partial charge on any atom is -0.330 e. The first kappa shape index (κ1) is 13.8. The number of halogens is 4. The molecule has 2 heterocycles. The van der Waals surface area contributed by atoms with Gasteiger partial charge in [0.25, 0.3) is 0 Å². The molecule has 0 bridgehead atoms.